The summed E-state index contributed by atoms with van der Waals surface area (Å²) >= 11 is 0. The van der Waals surface area contributed by atoms with Crippen molar-refractivity contribution >= 4 is 11.9 Å². The number of piperidine rings is 1. The number of aliphatic carboxylic acids is 1. The van der Waals surface area contributed by atoms with Gasteiger partial charge in [0.2, 0.25) is 5.91 Å². The molecule has 3 aromatic rings. The average Bonchev–Trinajstić information content (AvgIpc) is 3.51. The normalized spacial score (nSPS) is 16.9. The smallest absolute Gasteiger partial charge is 0.416 e. The van der Waals surface area contributed by atoms with E-state index < -0.39 is 53.6 Å². The molecular formula is C40H50F3N3O4. The van der Waals surface area contributed by atoms with E-state index in [-0.39, 0.29) is 23.9 Å². The third kappa shape index (κ3) is 8.17. The van der Waals surface area contributed by atoms with Crippen molar-refractivity contribution in [3.63, 3.8) is 0 Å². The Kier molecular flexibility index (Phi) is 11.3. The molecule has 0 spiro atoms. The van der Waals surface area contributed by atoms with Crippen LogP contribution >= 0.6 is 0 Å². The van der Waals surface area contributed by atoms with Gasteiger partial charge in [0, 0.05) is 18.3 Å². The fourth-order valence-electron chi connectivity index (χ4n) is 7.99. The number of halogens is 3. The fraction of sp³-hybridized carbons (Fsp3) is 0.525. The maximum atomic E-state index is 14.4. The van der Waals surface area contributed by atoms with Crippen molar-refractivity contribution in [1.29, 1.82) is 0 Å². The molecule has 0 saturated carbocycles. The minimum atomic E-state index is -4.73. The zero-order chi connectivity index (χ0) is 36.5. The molecule has 7 nitrogen and oxygen atoms in total. The van der Waals surface area contributed by atoms with Gasteiger partial charge >= 0.3 is 12.1 Å². The van der Waals surface area contributed by atoms with Crippen LogP contribution in [0.4, 0.5) is 13.2 Å². The Labute approximate surface area is 292 Å². The highest BCUT2D eigenvalue weighted by molar-refractivity contribution is 5.82. The molecular weight excluding hydrogens is 643 g/mol. The van der Waals surface area contributed by atoms with Gasteiger partial charge < -0.3 is 19.9 Å². The van der Waals surface area contributed by atoms with E-state index in [2.05, 4.69) is 24.1 Å². The number of nitrogens with one attached hydrogen (secondary N) is 1. The second kappa shape index (κ2) is 15.1. The number of amides is 1. The monoisotopic (exact) mass is 693 g/mol. The molecule has 1 amide bonds. The first-order chi connectivity index (χ1) is 23.5. The predicted molar refractivity (Wildman–Crippen MR) is 189 cm³/mol. The van der Waals surface area contributed by atoms with Crippen molar-refractivity contribution in [3.8, 4) is 11.1 Å². The van der Waals surface area contributed by atoms with Crippen LogP contribution in [0.15, 0.2) is 47.4 Å². The van der Waals surface area contributed by atoms with Crippen LogP contribution in [-0.4, -0.2) is 45.6 Å². The summed E-state index contributed by atoms with van der Waals surface area (Å²) in [5, 5.41) is 12.9. The molecule has 2 atom stereocenters. The number of alkyl halides is 3. The maximum Gasteiger partial charge on any atom is 0.416 e. The largest absolute Gasteiger partial charge is 0.481 e. The van der Waals surface area contributed by atoms with Gasteiger partial charge in [-0.25, -0.2) is 0 Å². The molecule has 1 saturated heterocycles. The third-order valence-electron chi connectivity index (χ3n) is 10.5. The van der Waals surface area contributed by atoms with E-state index in [1.54, 1.807) is 0 Å². The number of pyridine rings is 1. The Morgan fingerprint density at radius 3 is 2.24 bits per heavy atom. The number of benzene rings is 2. The summed E-state index contributed by atoms with van der Waals surface area (Å²) in [6.07, 6.45) is 0.0292. The third-order valence-corrected chi connectivity index (χ3v) is 10.5. The lowest BCUT2D eigenvalue weighted by Crippen LogP contribution is -2.41. The zero-order valence-corrected chi connectivity index (χ0v) is 30.0. The van der Waals surface area contributed by atoms with Gasteiger partial charge in [-0.1, -0.05) is 38.1 Å². The lowest BCUT2D eigenvalue weighted by atomic mass is 9.86. The number of aromatic nitrogens is 1. The first-order valence-corrected chi connectivity index (χ1v) is 17.9. The number of hydrogen-bond donors (Lipinski definition) is 2. The van der Waals surface area contributed by atoms with Crippen LogP contribution in [-0.2, 0) is 28.6 Å². The molecule has 2 N–H and O–H groups in total. The standard InChI is InChI=1S/C40H50F3N3O4/c1-23(2)17-35(46-22-32(33(20-36(46)47)40(41,42)43)27-13-15-45(16-14-27)24(3)4)39(50)44-34(21-37(48)49)29-18-28-11-8-12-30(28)31(19-29)38-25(5)9-7-10-26(38)6/h7,9-10,18-20,22-24,27,34-35H,8,11-17,21H2,1-6H3,(H,44,50)(H,48,49)/t34-,35-/m0/s1. The molecule has 1 aliphatic carbocycles. The van der Waals surface area contributed by atoms with Crippen molar-refractivity contribution in [3.05, 3.63) is 91.9 Å². The van der Waals surface area contributed by atoms with Crippen LogP contribution in [0.2, 0.25) is 0 Å². The van der Waals surface area contributed by atoms with E-state index >= 15 is 0 Å². The minimum absolute atomic E-state index is 0.0287. The highest BCUT2D eigenvalue weighted by atomic mass is 19.4. The van der Waals surface area contributed by atoms with Crippen molar-refractivity contribution < 1.29 is 27.9 Å². The van der Waals surface area contributed by atoms with Gasteiger partial charge in [-0.15, -0.1) is 0 Å². The number of nitrogens with zero attached hydrogens (tertiary/aromatic N) is 2. The van der Waals surface area contributed by atoms with E-state index in [1.807, 2.05) is 58.0 Å². The number of carbonyl (C=O) groups excluding carboxylic acids is 1. The Morgan fingerprint density at radius 2 is 1.66 bits per heavy atom. The molecule has 1 aliphatic heterocycles. The number of fused-ring (bicyclic) bond motifs is 1. The number of aryl methyl sites for hydroxylation is 3. The molecule has 10 heteroatoms. The summed E-state index contributed by atoms with van der Waals surface area (Å²) in [7, 11) is 0. The highest BCUT2D eigenvalue weighted by Crippen LogP contribution is 2.40. The lowest BCUT2D eigenvalue weighted by molar-refractivity contribution is -0.139. The van der Waals surface area contributed by atoms with Crippen LogP contribution in [0.3, 0.4) is 0 Å². The van der Waals surface area contributed by atoms with Gasteiger partial charge in [0.25, 0.3) is 5.56 Å². The summed E-state index contributed by atoms with van der Waals surface area (Å²) in [6.45, 7) is 13.2. The summed E-state index contributed by atoms with van der Waals surface area (Å²) in [5.41, 5.74) is 5.48. The molecule has 0 radical (unpaired) electrons. The molecule has 2 aliphatic rings. The van der Waals surface area contributed by atoms with Crippen LogP contribution < -0.4 is 10.9 Å². The fourth-order valence-corrected chi connectivity index (χ4v) is 7.99. The quantitative estimate of drug-likeness (QED) is 0.212. The zero-order valence-electron chi connectivity index (χ0n) is 30.0. The van der Waals surface area contributed by atoms with Crippen LogP contribution in [0.5, 0.6) is 0 Å². The second-order valence-electron chi connectivity index (χ2n) is 14.9. The number of hydrogen-bond acceptors (Lipinski definition) is 4. The van der Waals surface area contributed by atoms with E-state index in [1.165, 1.54) is 11.8 Å². The molecule has 5 rings (SSSR count). The number of likely N-dealkylation sites (tertiary alicyclic amines) is 1. The van der Waals surface area contributed by atoms with Gasteiger partial charge in [-0.3, -0.25) is 14.4 Å². The van der Waals surface area contributed by atoms with Crippen LogP contribution in [0.1, 0.15) is 117 Å². The summed E-state index contributed by atoms with van der Waals surface area (Å²) in [5.74, 6) is -2.22. The topological polar surface area (TPSA) is 91.6 Å². The molecule has 1 aromatic heterocycles. The molecule has 2 aromatic carbocycles. The lowest BCUT2D eigenvalue weighted by Gasteiger charge is -2.36. The van der Waals surface area contributed by atoms with Crippen molar-refractivity contribution in [1.82, 2.24) is 14.8 Å². The maximum absolute atomic E-state index is 14.4. The predicted octanol–water partition coefficient (Wildman–Crippen LogP) is 8.15. The van der Waals surface area contributed by atoms with Crippen molar-refractivity contribution in [2.45, 2.75) is 117 Å². The molecule has 0 unspecified atom stereocenters. The molecule has 1 fully saturated rings. The molecule has 0 bridgehead atoms. The number of carboxylic acids is 1. The second-order valence-corrected chi connectivity index (χ2v) is 14.9. The summed E-state index contributed by atoms with van der Waals surface area (Å²) in [6, 6.07) is 8.91. The van der Waals surface area contributed by atoms with E-state index in [4.69, 9.17) is 0 Å². The van der Waals surface area contributed by atoms with Crippen molar-refractivity contribution in [2.75, 3.05) is 13.1 Å². The van der Waals surface area contributed by atoms with Crippen LogP contribution in [0.25, 0.3) is 11.1 Å². The SMILES string of the molecule is Cc1cccc(C)c1-c1cc([C@H](CC(=O)O)NC(=O)[C@H](CC(C)C)n2cc(C3CCN(C(C)C)CC3)c(C(F)(F)F)cc2=O)cc2c1CCC2. The minimum Gasteiger partial charge on any atom is -0.481 e. The molecule has 50 heavy (non-hydrogen) atoms. The van der Waals surface area contributed by atoms with Gasteiger partial charge in [0.05, 0.1) is 18.0 Å². The number of carboxylic acid groups (broad SMARTS) is 1. The Morgan fingerprint density at radius 1 is 1.00 bits per heavy atom. The first-order valence-electron chi connectivity index (χ1n) is 17.9. The van der Waals surface area contributed by atoms with E-state index in [9.17, 15) is 32.7 Å². The molecule has 270 valence electrons. The Balaban J connectivity index is 1.56. The highest BCUT2D eigenvalue weighted by Gasteiger charge is 2.38. The number of carbonyl (C=O) groups is 2. The van der Waals surface area contributed by atoms with E-state index in [0.717, 1.165) is 51.6 Å². The Bertz CT molecular complexity index is 1770. The van der Waals surface area contributed by atoms with Crippen molar-refractivity contribution in [2.24, 2.45) is 5.92 Å². The van der Waals surface area contributed by atoms with E-state index in [0.29, 0.717) is 37.6 Å². The van der Waals surface area contributed by atoms with Gasteiger partial charge in [-0.2, -0.15) is 13.2 Å². The van der Waals surface area contributed by atoms with Gasteiger partial charge in [0.15, 0.2) is 0 Å². The first kappa shape index (κ1) is 37.3. The molecule has 2 heterocycles. The Hall–Kier alpha value is -3.92. The average molecular weight is 694 g/mol. The van der Waals surface area contributed by atoms with Gasteiger partial charge in [0.1, 0.15) is 6.04 Å². The van der Waals surface area contributed by atoms with Gasteiger partial charge in [-0.05, 0) is 142 Å². The van der Waals surface area contributed by atoms with Crippen LogP contribution in [0, 0.1) is 19.8 Å². The summed E-state index contributed by atoms with van der Waals surface area (Å²) in [4.78, 5) is 42.2. The summed E-state index contributed by atoms with van der Waals surface area (Å²) < 4.78 is 44.3. The number of rotatable bonds is 11.